The highest BCUT2D eigenvalue weighted by atomic mass is 16.4. The lowest BCUT2D eigenvalue weighted by Crippen LogP contribution is -2.46. The van der Waals surface area contributed by atoms with Crippen molar-refractivity contribution in [3.8, 4) is 0 Å². The molecular weight excluding hydrogens is 294 g/mol. The number of aromatic nitrogens is 1. The first-order valence-electron chi connectivity index (χ1n) is 8.18. The maximum absolute atomic E-state index is 13.0. The average molecular weight is 317 g/mol. The number of amides is 1. The minimum absolute atomic E-state index is 0.0437. The summed E-state index contributed by atoms with van der Waals surface area (Å²) in [5, 5.41) is 9.55. The van der Waals surface area contributed by atoms with Gasteiger partial charge in [-0.25, -0.2) is 4.79 Å². The molecule has 3 rings (SSSR count). The molecule has 0 bridgehead atoms. The van der Waals surface area contributed by atoms with Crippen molar-refractivity contribution in [1.82, 2.24) is 9.88 Å². The second kappa shape index (κ2) is 6.18. The highest BCUT2D eigenvalue weighted by Crippen LogP contribution is 2.40. The second-order valence-corrected chi connectivity index (χ2v) is 6.71. The molecular formula is C17H23N3O3. The minimum Gasteiger partial charge on any atom is -0.480 e. The third-order valence-corrected chi connectivity index (χ3v) is 5.09. The monoisotopic (exact) mass is 317 g/mol. The van der Waals surface area contributed by atoms with Crippen molar-refractivity contribution >= 4 is 17.6 Å². The van der Waals surface area contributed by atoms with E-state index in [1.54, 1.807) is 17.2 Å². The lowest BCUT2D eigenvalue weighted by molar-refractivity contribution is -0.141. The van der Waals surface area contributed by atoms with E-state index in [-0.39, 0.29) is 11.9 Å². The van der Waals surface area contributed by atoms with Crippen LogP contribution >= 0.6 is 0 Å². The number of carbonyl (C=O) groups is 2. The normalized spacial score (nSPS) is 26.7. The van der Waals surface area contributed by atoms with Crippen LogP contribution in [0, 0.1) is 5.92 Å². The number of rotatable bonds is 3. The molecule has 3 atom stereocenters. The number of nitrogens with zero attached hydrogens (tertiary/aromatic N) is 3. The first kappa shape index (κ1) is 15.8. The van der Waals surface area contributed by atoms with E-state index in [0.29, 0.717) is 18.0 Å². The Morgan fingerprint density at radius 2 is 2.04 bits per heavy atom. The molecule has 1 N–H and O–H groups in total. The Kier molecular flexibility index (Phi) is 4.24. The molecule has 1 saturated carbocycles. The predicted octanol–water partition coefficient (Wildman–Crippen LogP) is 2.01. The van der Waals surface area contributed by atoms with E-state index in [4.69, 9.17) is 0 Å². The smallest absolute Gasteiger partial charge is 0.326 e. The highest BCUT2D eigenvalue weighted by Gasteiger charge is 2.47. The van der Waals surface area contributed by atoms with Gasteiger partial charge in [-0.05, 0) is 37.3 Å². The van der Waals surface area contributed by atoms with Crippen molar-refractivity contribution in [3.63, 3.8) is 0 Å². The number of pyridine rings is 1. The van der Waals surface area contributed by atoms with Gasteiger partial charge in [-0.3, -0.25) is 9.78 Å². The molecule has 0 aromatic carbocycles. The summed E-state index contributed by atoms with van der Waals surface area (Å²) in [5.74, 6) is -0.849. The lowest BCUT2D eigenvalue weighted by atomic mass is 9.84. The van der Waals surface area contributed by atoms with Gasteiger partial charge in [0.2, 0.25) is 0 Å². The van der Waals surface area contributed by atoms with Crippen LogP contribution in [-0.4, -0.2) is 53.0 Å². The van der Waals surface area contributed by atoms with Crippen molar-refractivity contribution in [2.24, 2.45) is 5.92 Å². The van der Waals surface area contributed by atoms with Crippen LogP contribution in [0.25, 0.3) is 0 Å². The molecule has 1 aromatic rings. The molecule has 1 aliphatic carbocycles. The van der Waals surface area contributed by atoms with Gasteiger partial charge >= 0.3 is 5.97 Å². The van der Waals surface area contributed by atoms with Gasteiger partial charge in [0.05, 0.1) is 0 Å². The summed E-state index contributed by atoms with van der Waals surface area (Å²) in [6.07, 6.45) is 6.27. The van der Waals surface area contributed by atoms with Gasteiger partial charge < -0.3 is 14.9 Å². The van der Waals surface area contributed by atoms with Crippen LogP contribution in [0.4, 0.5) is 5.69 Å². The zero-order chi connectivity index (χ0) is 16.6. The number of likely N-dealkylation sites (tertiary alicyclic amines) is 1. The SMILES string of the molecule is CN(C)c1ccnc(C(=O)N2C(C(=O)O)CC3CCCCC32)c1. The van der Waals surface area contributed by atoms with E-state index in [2.05, 4.69) is 4.98 Å². The van der Waals surface area contributed by atoms with Gasteiger partial charge in [0.1, 0.15) is 11.7 Å². The number of anilines is 1. The predicted molar refractivity (Wildman–Crippen MR) is 86.5 cm³/mol. The van der Waals surface area contributed by atoms with Gasteiger partial charge in [-0.15, -0.1) is 0 Å². The van der Waals surface area contributed by atoms with Crippen LogP contribution in [0.5, 0.6) is 0 Å². The summed E-state index contributed by atoms with van der Waals surface area (Å²) in [6, 6.07) is 2.89. The summed E-state index contributed by atoms with van der Waals surface area (Å²) < 4.78 is 0. The summed E-state index contributed by atoms with van der Waals surface area (Å²) in [6.45, 7) is 0. The highest BCUT2D eigenvalue weighted by molar-refractivity contribution is 5.96. The van der Waals surface area contributed by atoms with Crippen LogP contribution in [-0.2, 0) is 4.79 Å². The Hall–Kier alpha value is -2.11. The quantitative estimate of drug-likeness (QED) is 0.923. The summed E-state index contributed by atoms with van der Waals surface area (Å²) in [5.41, 5.74) is 1.21. The molecule has 6 nitrogen and oxygen atoms in total. The van der Waals surface area contributed by atoms with E-state index in [0.717, 1.165) is 31.4 Å². The van der Waals surface area contributed by atoms with Crippen LogP contribution in [0.2, 0.25) is 0 Å². The molecule has 1 saturated heterocycles. The molecule has 1 aliphatic heterocycles. The van der Waals surface area contributed by atoms with Crippen LogP contribution in [0.3, 0.4) is 0 Å². The number of fused-ring (bicyclic) bond motifs is 1. The van der Waals surface area contributed by atoms with E-state index < -0.39 is 12.0 Å². The van der Waals surface area contributed by atoms with Gasteiger partial charge in [0.15, 0.2) is 0 Å². The zero-order valence-electron chi connectivity index (χ0n) is 13.6. The second-order valence-electron chi connectivity index (χ2n) is 6.71. The van der Waals surface area contributed by atoms with Crippen molar-refractivity contribution < 1.29 is 14.7 Å². The fraction of sp³-hybridized carbons (Fsp3) is 0.588. The number of carbonyl (C=O) groups excluding carboxylic acids is 1. The van der Waals surface area contributed by atoms with E-state index >= 15 is 0 Å². The molecule has 2 aliphatic rings. The van der Waals surface area contributed by atoms with E-state index in [1.807, 2.05) is 25.1 Å². The Morgan fingerprint density at radius 1 is 1.30 bits per heavy atom. The number of carboxylic acids is 1. The Bertz CT molecular complexity index is 617. The fourth-order valence-electron chi connectivity index (χ4n) is 3.92. The first-order chi connectivity index (χ1) is 11.0. The third kappa shape index (κ3) is 2.90. The standard InChI is InChI=1S/C17H23N3O3/c1-19(2)12-7-8-18-13(10-12)16(21)20-14-6-4-3-5-11(14)9-15(20)17(22)23/h7-8,10-11,14-15H,3-6,9H2,1-2H3,(H,22,23). The molecule has 0 spiro atoms. The Labute approximate surface area is 136 Å². The van der Waals surface area contributed by atoms with Crippen molar-refractivity contribution in [2.75, 3.05) is 19.0 Å². The van der Waals surface area contributed by atoms with Crippen LogP contribution in [0.1, 0.15) is 42.6 Å². The molecule has 2 heterocycles. The first-order valence-corrected chi connectivity index (χ1v) is 8.18. The molecule has 124 valence electrons. The third-order valence-electron chi connectivity index (χ3n) is 5.09. The Balaban J connectivity index is 1.92. The van der Waals surface area contributed by atoms with Crippen molar-refractivity contribution in [2.45, 2.75) is 44.2 Å². The topological polar surface area (TPSA) is 73.7 Å². The average Bonchev–Trinajstić information content (AvgIpc) is 2.94. The van der Waals surface area contributed by atoms with Gasteiger partial charge in [0.25, 0.3) is 5.91 Å². The summed E-state index contributed by atoms with van der Waals surface area (Å²) in [7, 11) is 3.80. The number of hydrogen-bond acceptors (Lipinski definition) is 4. The van der Waals surface area contributed by atoms with Gasteiger partial charge in [0, 0.05) is 32.0 Å². The fourth-order valence-corrected chi connectivity index (χ4v) is 3.92. The van der Waals surface area contributed by atoms with E-state index in [9.17, 15) is 14.7 Å². The molecule has 0 radical (unpaired) electrons. The largest absolute Gasteiger partial charge is 0.480 e. The molecule has 6 heteroatoms. The lowest BCUT2D eigenvalue weighted by Gasteiger charge is -2.32. The number of carboxylic acid groups (broad SMARTS) is 1. The van der Waals surface area contributed by atoms with Gasteiger partial charge in [-0.2, -0.15) is 0 Å². The van der Waals surface area contributed by atoms with E-state index in [1.165, 1.54) is 0 Å². The molecule has 1 amide bonds. The summed E-state index contributed by atoms with van der Waals surface area (Å²) in [4.78, 5) is 32.3. The molecule has 23 heavy (non-hydrogen) atoms. The van der Waals surface area contributed by atoms with Gasteiger partial charge in [-0.1, -0.05) is 12.8 Å². The number of aliphatic carboxylic acids is 1. The maximum Gasteiger partial charge on any atom is 0.326 e. The maximum atomic E-state index is 13.0. The number of hydrogen-bond donors (Lipinski definition) is 1. The molecule has 2 fully saturated rings. The Morgan fingerprint density at radius 3 is 2.74 bits per heavy atom. The van der Waals surface area contributed by atoms with Crippen molar-refractivity contribution in [3.05, 3.63) is 24.0 Å². The zero-order valence-corrected chi connectivity index (χ0v) is 13.6. The van der Waals surface area contributed by atoms with Crippen LogP contribution in [0.15, 0.2) is 18.3 Å². The molecule has 3 unspecified atom stereocenters. The summed E-state index contributed by atoms with van der Waals surface area (Å²) >= 11 is 0. The minimum atomic E-state index is -0.906. The van der Waals surface area contributed by atoms with Crippen molar-refractivity contribution in [1.29, 1.82) is 0 Å². The molecule has 1 aromatic heterocycles. The van der Waals surface area contributed by atoms with Crippen LogP contribution < -0.4 is 4.90 Å².